The standard InChI is InChI=1S/C20H24N2O3S2/c1-16-4-10-19(11-5-16)26-14-12-21-20(23)17-6-8-18(9-7-17)22-13-2-3-15-27(22,24)25/h4-11H,2-3,12-15H2,1H3,(H,21,23). The Morgan fingerprint density at radius 2 is 1.78 bits per heavy atom. The highest BCUT2D eigenvalue weighted by Crippen LogP contribution is 2.23. The van der Waals surface area contributed by atoms with E-state index in [-0.39, 0.29) is 11.7 Å². The Hall–Kier alpha value is -1.99. The van der Waals surface area contributed by atoms with Crippen LogP contribution < -0.4 is 9.62 Å². The van der Waals surface area contributed by atoms with Crippen LogP contribution in [0.1, 0.15) is 28.8 Å². The van der Waals surface area contributed by atoms with E-state index in [4.69, 9.17) is 0 Å². The highest BCUT2D eigenvalue weighted by molar-refractivity contribution is 7.99. The number of anilines is 1. The van der Waals surface area contributed by atoms with Crippen LogP contribution in [-0.2, 0) is 10.0 Å². The number of amides is 1. The van der Waals surface area contributed by atoms with Gasteiger partial charge in [-0.05, 0) is 56.2 Å². The van der Waals surface area contributed by atoms with Crippen molar-refractivity contribution < 1.29 is 13.2 Å². The molecule has 0 saturated carbocycles. The molecule has 1 aliphatic rings. The van der Waals surface area contributed by atoms with Crippen molar-refractivity contribution in [2.24, 2.45) is 0 Å². The van der Waals surface area contributed by atoms with E-state index in [1.807, 2.05) is 0 Å². The monoisotopic (exact) mass is 404 g/mol. The van der Waals surface area contributed by atoms with E-state index in [2.05, 4.69) is 36.5 Å². The lowest BCUT2D eigenvalue weighted by Crippen LogP contribution is -2.37. The van der Waals surface area contributed by atoms with Crippen LogP contribution in [-0.4, -0.2) is 38.9 Å². The third kappa shape index (κ3) is 5.26. The molecule has 0 unspecified atom stereocenters. The van der Waals surface area contributed by atoms with Gasteiger partial charge in [0.25, 0.3) is 5.91 Å². The molecule has 3 rings (SSSR count). The lowest BCUT2D eigenvalue weighted by Gasteiger charge is -2.28. The number of hydrogen-bond donors (Lipinski definition) is 1. The molecule has 1 N–H and O–H groups in total. The fourth-order valence-corrected chi connectivity index (χ4v) is 5.34. The topological polar surface area (TPSA) is 66.5 Å². The van der Waals surface area contributed by atoms with Gasteiger partial charge in [-0.15, -0.1) is 11.8 Å². The minimum atomic E-state index is -3.23. The first-order chi connectivity index (χ1) is 13.0. The predicted molar refractivity (Wildman–Crippen MR) is 111 cm³/mol. The number of sulfonamides is 1. The molecule has 0 atom stereocenters. The smallest absolute Gasteiger partial charge is 0.251 e. The van der Waals surface area contributed by atoms with Crippen molar-refractivity contribution in [3.63, 3.8) is 0 Å². The average molecular weight is 405 g/mol. The number of nitrogens with one attached hydrogen (secondary N) is 1. The van der Waals surface area contributed by atoms with Crippen LogP contribution in [0.2, 0.25) is 0 Å². The minimum absolute atomic E-state index is 0.146. The van der Waals surface area contributed by atoms with Gasteiger partial charge >= 0.3 is 0 Å². The summed E-state index contributed by atoms with van der Waals surface area (Å²) in [6, 6.07) is 15.1. The first kappa shape index (κ1) is 19.8. The molecular formula is C20H24N2O3S2. The number of carbonyl (C=O) groups is 1. The number of thioether (sulfide) groups is 1. The van der Waals surface area contributed by atoms with Gasteiger partial charge in [-0.2, -0.15) is 0 Å². The van der Waals surface area contributed by atoms with Crippen molar-refractivity contribution in [2.75, 3.05) is 28.9 Å². The molecule has 27 heavy (non-hydrogen) atoms. The van der Waals surface area contributed by atoms with Gasteiger partial charge in [0.15, 0.2) is 0 Å². The summed E-state index contributed by atoms with van der Waals surface area (Å²) in [4.78, 5) is 13.4. The van der Waals surface area contributed by atoms with Crippen molar-refractivity contribution in [2.45, 2.75) is 24.7 Å². The number of aryl methyl sites for hydroxylation is 1. The van der Waals surface area contributed by atoms with E-state index in [0.717, 1.165) is 12.2 Å². The van der Waals surface area contributed by atoms with Crippen molar-refractivity contribution in [3.8, 4) is 0 Å². The van der Waals surface area contributed by atoms with E-state index in [0.29, 0.717) is 30.8 Å². The highest BCUT2D eigenvalue weighted by Gasteiger charge is 2.25. The summed E-state index contributed by atoms with van der Waals surface area (Å²) in [5.74, 6) is 0.833. The van der Waals surface area contributed by atoms with Gasteiger partial charge in [-0.3, -0.25) is 9.10 Å². The van der Waals surface area contributed by atoms with Gasteiger partial charge in [0.1, 0.15) is 0 Å². The summed E-state index contributed by atoms with van der Waals surface area (Å²) in [5.41, 5.74) is 2.39. The third-order valence-electron chi connectivity index (χ3n) is 4.44. The molecule has 5 nitrogen and oxygen atoms in total. The predicted octanol–water partition coefficient (Wildman–Crippen LogP) is 3.45. The zero-order valence-corrected chi connectivity index (χ0v) is 17.0. The highest BCUT2D eigenvalue weighted by atomic mass is 32.2. The van der Waals surface area contributed by atoms with Crippen LogP contribution in [0.3, 0.4) is 0 Å². The quantitative estimate of drug-likeness (QED) is 0.592. The molecular weight excluding hydrogens is 380 g/mol. The zero-order chi connectivity index (χ0) is 19.3. The van der Waals surface area contributed by atoms with Gasteiger partial charge in [-0.1, -0.05) is 17.7 Å². The van der Waals surface area contributed by atoms with Gasteiger partial charge < -0.3 is 5.32 Å². The second kappa shape index (κ2) is 8.80. The van der Waals surface area contributed by atoms with E-state index in [1.54, 1.807) is 36.0 Å². The first-order valence-electron chi connectivity index (χ1n) is 9.04. The summed E-state index contributed by atoms with van der Waals surface area (Å²) in [6.45, 7) is 3.13. The lowest BCUT2D eigenvalue weighted by molar-refractivity contribution is 0.0956. The number of nitrogens with zero attached hydrogens (tertiary/aromatic N) is 1. The molecule has 0 aromatic heterocycles. The Labute approximate surface area is 165 Å². The van der Waals surface area contributed by atoms with Crippen LogP contribution >= 0.6 is 11.8 Å². The van der Waals surface area contributed by atoms with Crippen LogP contribution in [0.5, 0.6) is 0 Å². The summed E-state index contributed by atoms with van der Waals surface area (Å²) < 4.78 is 25.8. The van der Waals surface area contributed by atoms with Crippen LogP contribution in [0.25, 0.3) is 0 Å². The average Bonchev–Trinajstić information content (AvgIpc) is 2.66. The van der Waals surface area contributed by atoms with Gasteiger partial charge in [-0.25, -0.2) is 8.42 Å². The Bertz CT molecular complexity index is 878. The van der Waals surface area contributed by atoms with Crippen molar-refractivity contribution in [1.82, 2.24) is 5.32 Å². The Morgan fingerprint density at radius 3 is 2.44 bits per heavy atom. The number of hydrogen-bond acceptors (Lipinski definition) is 4. The summed E-state index contributed by atoms with van der Waals surface area (Å²) in [7, 11) is -3.23. The van der Waals surface area contributed by atoms with Gasteiger partial charge in [0.05, 0.1) is 11.4 Å². The molecule has 2 aromatic rings. The van der Waals surface area contributed by atoms with E-state index >= 15 is 0 Å². The number of benzene rings is 2. The maximum atomic E-state index is 12.3. The van der Waals surface area contributed by atoms with Crippen molar-refractivity contribution in [1.29, 1.82) is 0 Å². The molecule has 0 radical (unpaired) electrons. The molecule has 1 fully saturated rings. The summed E-state index contributed by atoms with van der Waals surface area (Å²) >= 11 is 1.70. The largest absolute Gasteiger partial charge is 0.351 e. The zero-order valence-electron chi connectivity index (χ0n) is 15.3. The van der Waals surface area contributed by atoms with Gasteiger partial charge in [0.2, 0.25) is 10.0 Å². The van der Waals surface area contributed by atoms with Crippen LogP contribution in [0, 0.1) is 6.92 Å². The molecule has 0 bridgehead atoms. The Morgan fingerprint density at radius 1 is 1.07 bits per heavy atom. The van der Waals surface area contributed by atoms with E-state index < -0.39 is 10.0 Å². The third-order valence-corrected chi connectivity index (χ3v) is 7.33. The van der Waals surface area contributed by atoms with Crippen molar-refractivity contribution >= 4 is 33.4 Å². The lowest BCUT2D eigenvalue weighted by atomic mass is 10.2. The van der Waals surface area contributed by atoms with E-state index in [1.165, 1.54) is 14.8 Å². The molecule has 1 saturated heterocycles. The molecule has 2 aromatic carbocycles. The second-order valence-corrected chi connectivity index (χ2v) is 9.74. The number of carbonyl (C=O) groups excluding carboxylic acids is 1. The number of rotatable bonds is 6. The van der Waals surface area contributed by atoms with Crippen molar-refractivity contribution in [3.05, 3.63) is 59.7 Å². The fourth-order valence-electron chi connectivity index (χ4n) is 2.93. The van der Waals surface area contributed by atoms with Crippen LogP contribution in [0.15, 0.2) is 53.4 Å². The molecule has 7 heteroatoms. The van der Waals surface area contributed by atoms with Crippen LogP contribution in [0.4, 0.5) is 5.69 Å². The molecule has 1 aliphatic heterocycles. The summed E-state index contributed by atoms with van der Waals surface area (Å²) in [6.07, 6.45) is 1.57. The molecule has 0 spiro atoms. The minimum Gasteiger partial charge on any atom is -0.351 e. The SMILES string of the molecule is Cc1ccc(SCCNC(=O)c2ccc(N3CCCCS3(=O)=O)cc2)cc1. The summed E-state index contributed by atoms with van der Waals surface area (Å²) in [5, 5.41) is 2.90. The maximum absolute atomic E-state index is 12.3. The molecule has 0 aliphatic carbocycles. The van der Waals surface area contributed by atoms with Gasteiger partial charge in [0, 0.05) is 29.3 Å². The Kier molecular flexibility index (Phi) is 6.44. The second-order valence-electron chi connectivity index (χ2n) is 6.56. The normalized spacial score (nSPS) is 16.1. The molecule has 1 amide bonds. The van der Waals surface area contributed by atoms with E-state index in [9.17, 15) is 13.2 Å². The molecule has 1 heterocycles. The first-order valence-corrected chi connectivity index (χ1v) is 11.6. The Balaban J connectivity index is 1.51. The fraction of sp³-hybridized carbons (Fsp3) is 0.350. The maximum Gasteiger partial charge on any atom is 0.251 e. The molecule has 144 valence electrons.